The van der Waals surface area contributed by atoms with Gasteiger partial charge in [0.25, 0.3) is 11.8 Å². The van der Waals surface area contributed by atoms with Gasteiger partial charge in [0, 0.05) is 10.6 Å². The van der Waals surface area contributed by atoms with Crippen LogP contribution in [0.4, 0.5) is 0 Å². The third kappa shape index (κ3) is 5.20. The predicted octanol–water partition coefficient (Wildman–Crippen LogP) is -0.348. The van der Waals surface area contributed by atoms with Crippen LogP contribution >= 0.6 is 11.6 Å². The molecule has 10 heteroatoms. The van der Waals surface area contributed by atoms with Gasteiger partial charge in [-0.25, -0.2) is 8.42 Å². The first kappa shape index (κ1) is 18.2. The number of rotatable bonds is 4. The van der Waals surface area contributed by atoms with E-state index >= 15 is 0 Å². The third-order valence-electron chi connectivity index (χ3n) is 3.44. The van der Waals surface area contributed by atoms with Crippen molar-refractivity contribution in [3.05, 3.63) is 34.9 Å². The van der Waals surface area contributed by atoms with Gasteiger partial charge in [0.05, 0.1) is 24.0 Å². The summed E-state index contributed by atoms with van der Waals surface area (Å²) >= 11 is 5.71. The molecule has 130 valence electrons. The zero-order chi connectivity index (χ0) is 17.7. The number of hydrogen-bond acceptors (Lipinski definition) is 5. The van der Waals surface area contributed by atoms with Crippen molar-refractivity contribution >= 4 is 39.2 Å². The standard InChI is InChI=1S/C14H16ClN3O5S/c15-11-3-1-9(2-4-11)13(20)16-7-12(19)17-18-14(21)10-5-6-24(22,23)8-10/h1-4,10H,5-8H2,(H,16,20)(H,17,19)(H,18,21)/t10-/m0/s1. The van der Waals surface area contributed by atoms with E-state index in [0.717, 1.165) is 0 Å². The normalized spacial score (nSPS) is 18.6. The zero-order valence-electron chi connectivity index (χ0n) is 12.5. The van der Waals surface area contributed by atoms with Crippen molar-refractivity contribution in [3.8, 4) is 0 Å². The lowest BCUT2D eigenvalue weighted by Crippen LogP contribution is -2.48. The monoisotopic (exact) mass is 373 g/mol. The summed E-state index contributed by atoms with van der Waals surface area (Å²) in [5.41, 5.74) is 4.64. The Hall–Kier alpha value is -2.13. The minimum absolute atomic E-state index is 0.0316. The molecule has 0 saturated carbocycles. The number of sulfone groups is 1. The summed E-state index contributed by atoms with van der Waals surface area (Å²) < 4.78 is 22.6. The number of benzene rings is 1. The fourth-order valence-electron chi connectivity index (χ4n) is 2.14. The van der Waals surface area contributed by atoms with Gasteiger partial charge in [0.2, 0.25) is 5.91 Å². The summed E-state index contributed by atoms with van der Waals surface area (Å²) in [6.45, 7) is -0.343. The maximum atomic E-state index is 11.8. The maximum absolute atomic E-state index is 11.8. The fraction of sp³-hybridized carbons (Fsp3) is 0.357. The number of amides is 3. The van der Waals surface area contributed by atoms with Crippen LogP contribution < -0.4 is 16.2 Å². The maximum Gasteiger partial charge on any atom is 0.257 e. The number of hydrazine groups is 1. The molecule has 1 saturated heterocycles. The second kappa shape index (κ2) is 7.63. The molecule has 1 heterocycles. The van der Waals surface area contributed by atoms with Crippen LogP contribution in [0.3, 0.4) is 0 Å². The van der Waals surface area contributed by atoms with Crippen molar-refractivity contribution in [1.29, 1.82) is 0 Å². The Morgan fingerprint density at radius 3 is 2.38 bits per heavy atom. The molecule has 3 N–H and O–H groups in total. The largest absolute Gasteiger partial charge is 0.343 e. The van der Waals surface area contributed by atoms with Crippen molar-refractivity contribution < 1.29 is 22.8 Å². The Morgan fingerprint density at radius 2 is 1.79 bits per heavy atom. The van der Waals surface area contributed by atoms with Crippen molar-refractivity contribution in [3.63, 3.8) is 0 Å². The van der Waals surface area contributed by atoms with E-state index in [1.807, 2.05) is 0 Å². The Labute approximate surface area is 143 Å². The van der Waals surface area contributed by atoms with Gasteiger partial charge in [-0.1, -0.05) is 11.6 Å². The summed E-state index contributed by atoms with van der Waals surface area (Å²) in [7, 11) is -3.17. The number of carbonyl (C=O) groups is 3. The quantitative estimate of drug-likeness (QED) is 0.623. The number of carbonyl (C=O) groups excluding carboxylic acids is 3. The summed E-state index contributed by atoms with van der Waals surface area (Å²) in [5.74, 6) is -2.58. The molecular formula is C14H16ClN3O5S. The molecule has 1 aliphatic rings. The Bertz CT molecular complexity index is 748. The minimum atomic E-state index is -3.17. The Morgan fingerprint density at radius 1 is 1.12 bits per heavy atom. The van der Waals surface area contributed by atoms with E-state index in [2.05, 4.69) is 16.2 Å². The smallest absolute Gasteiger partial charge is 0.257 e. The molecule has 1 aliphatic heterocycles. The average Bonchev–Trinajstić information content (AvgIpc) is 2.91. The molecule has 0 aliphatic carbocycles. The van der Waals surface area contributed by atoms with Gasteiger partial charge in [-0.2, -0.15) is 0 Å². The highest BCUT2D eigenvalue weighted by Gasteiger charge is 2.33. The van der Waals surface area contributed by atoms with Crippen LogP contribution in [0.15, 0.2) is 24.3 Å². The van der Waals surface area contributed by atoms with E-state index in [-0.39, 0.29) is 24.5 Å². The Balaban J connectivity index is 1.72. The molecule has 3 amide bonds. The first-order valence-electron chi connectivity index (χ1n) is 7.10. The molecule has 0 spiro atoms. The topological polar surface area (TPSA) is 121 Å². The lowest BCUT2D eigenvalue weighted by atomic mass is 10.1. The van der Waals surface area contributed by atoms with Crippen molar-refractivity contribution in [2.24, 2.45) is 5.92 Å². The van der Waals surface area contributed by atoms with Gasteiger partial charge in [0.1, 0.15) is 0 Å². The molecule has 0 unspecified atom stereocenters. The van der Waals surface area contributed by atoms with Crippen LogP contribution in [-0.4, -0.2) is 44.2 Å². The van der Waals surface area contributed by atoms with Gasteiger partial charge in [-0.05, 0) is 30.7 Å². The summed E-state index contributed by atoms with van der Waals surface area (Å²) in [4.78, 5) is 35.1. The second-order valence-electron chi connectivity index (χ2n) is 5.33. The minimum Gasteiger partial charge on any atom is -0.343 e. The molecule has 1 fully saturated rings. The van der Waals surface area contributed by atoms with Crippen LogP contribution in [0, 0.1) is 5.92 Å². The van der Waals surface area contributed by atoms with Crippen LogP contribution in [-0.2, 0) is 19.4 Å². The first-order chi connectivity index (χ1) is 11.3. The summed E-state index contributed by atoms with van der Waals surface area (Å²) in [6.07, 6.45) is 0.233. The molecule has 8 nitrogen and oxygen atoms in total. The van der Waals surface area contributed by atoms with Crippen molar-refractivity contribution in [2.75, 3.05) is 18.1 Å². The van der Waals surface area contributed by atoms with Gasteiger partial charge in [-0.15, -0.1) is 0 Å². The molecule has 0 radical (unpaired) electrons. The average molecular weight is 374 g/mol. The third-order valence-corrected chi connectivity index (χ3v) is 5.46. The van der Waals surface area contributed by atoms with Gasteiger partial charge in [0.15, 0.2) is 9.84 Å². The van der Waals surface area contributed by atoms with E-state index in [1.54, 1.807) is 12.1 Å². The summed E-state index contributed by atoms with van der Waals surface area (Å²) in [5, 5.41) is 2.87. The van der Waals surface area contributed by atoms with Crippen LogP contribution in [0.2, 0.25) is 5.02 Å². The van der Waals surface area contributed by atoms with Crippen molar-refractivity contribution in [1.82, 2.24) is 16.2 Å². The highest BCUT2D eigenvalue weighted by molar-refractivity contribution is 7.91. The molecule has 2 rings (SSSR count). The Kier molecular flexibility index (Phi) is 5.79. The first-order valence-corrected chi connectivity index (χ1v) is 9.30. The van der Waals surface area contributed by atoms with Gasteiger partial charge >= 0.3 is 0 Å². The number of halogens is 1. The number of nitrogens with one attached hydrogen (secondary N) is 3. The molecule has 0 bridgehead atoms. The van der Waals surface area contributed by atoms with Crippen LogP contribution in [0.5, 0.6) is 0 Å². The van der Waals surface area contributed by atoms with E-state index < -0.39 is 33.5 Å². The van der Waals surface area contributed by atoms with Crippen LogP contribution in [0.25, 0.3) is 0 Å². The second-order valence-corrected chi connectivity index (χ2v) is 7.99. The number of hydrogen-bond donors (Lipinski definition) is 3. The highest BCUT2D eigenvalue weighted by Crippen LogP contribution is 2.17. The SMILES string of the molecule is O=C(CNC(=O)c1ccc(Cl)cc1)NNC(=O)[C@H]1CCS(=O)(=O)C1. The predicted molar refractivity (Wildman–Crippen MR) is 86.8 cm³/mol. The van der Waals surface area contributed by atoms with Crippen LogP contribution in [0.1, 0.15) is 16.8 Å². The molecule has 24 heavy (non-hydrogen) atoms. The molecule has 0 aromatic heterocycles. The van der Waals surface area contributed by atoms with Gasteiger partial charge < -0.3 is 5.32 Å². The highest BCUT2D eigenvalue weighted by atomic mass is 35.5. The van der Waals surface area contributed by atoms with E-state index in [9.17, 15) is 22.8 Å². The zero-order valence-corrected chi connectivity index (χ0v) is 14.1. The van der Waals surface area contributed by atoms with Crippen molar-refractivity contribution in [2.45, 2.75) is 6.42 Å². The molecule has 1 aromatic carbocycles. The summed E-state index contributed by atoms with van der Waals surface area (Å²) in [6, 6.07) is 6.12. The molecular weight excluding hydrogens is 358 g/mol. The molecule has 1 atom stereocenters. The molecule has 1 aromatic rings. The van der Waals surface area contributed by atoms with E-state index in [4.69, 9.17) is 11.6 Å². The fourth-order valence-corrected chi connectivity index (χ4v) is 4.01. The van der Waals surface area contributed by atoms with E-state index in [1.165, 1.54) is 12.1 Å². The lowest BCUT2D eigenvalue weighted by molar-refractivity contribution is -0.130. The van der Waals surface area contributed by atoms with Gasteiger partial charge in [-0.3, -0.25) is 25.2 Å². The van der Waals surface area contributed by atoms with E-state index in [0.29, 0.717) is 10.6 Å². The lowest BCUT2D eigenvalue weighted by Gasteiger charge is -2.11.